The molecule has 0 spiro atoms. The monoisotopic (exact) mass is 213 g/mol. The summed E-state index contributed by atoms with van der Waals surface area (Å²) in [6, 6.07) is 0. The van der Waals surface area contributed by atoms with Gasteiger partial charge in [0, 0.05) is 19.0 Å². The highest BCUT2D eigenvalue weighted by atomic mass is 16.6. The van der Waals surface area contributed by atoms with E-state index < -0.39 is 5.97 Å². The Hall–Kier alpha value is -1.26. The fourth-order valence-electron chi connectivity index (χ4n) is 2.34. The van der Waals surface area contributed by atoms with Gasteiger partial charge in [-0.15, -0.1) is 0 Å². The Kier molecular flexibility index (Phi) is 2.79. The van der Waals surface area contributed by atoms with Crippen LogP contribution in [0.5, 0.6) is 0 Å². The molecular formula is C10H15NO4. The Morgan fingerprint density at radius 1 is 1.53 bits per heavy atom. The van der Waals surface area contributed by atoms with E-state index in [-0.39, 0.29) is 25.2 Å². The lowest BCUT2D eigenvalue weighted by atomic mass is 10.0. The zero-order valence-corrected chi connectivity index (χ0v) is 8.52. The molecule has 2 atom stereocenters. The van der Waals surface area contributed by atoms with Crippen molar-refractivity contribution in [2.75, 3.05) is 13.1 Å². The molecule has 2 fully saturated rings. The van der Waals surface area contributed by atoms with E-state index in [1.807, 2.05) is 0 Å². The van der Waals surface area contributed by atoms with Gasteiger partial charge < -0.3 is 14.7 Å². The molecule has 1 N–H and O–H groups in total. The first-order valence-corrected chi connectivity index (χ1v) is 5.34. The minimum Gasteiger partial charge on any atom is -0.481 e. The molecule has 0 aromatic heterocycles. The van der Waals surface area contributed by atoms with Gasteiger partial charge in [-0.1, -0.05) is 0 Å². The van der Waals surface area contributed by atoms with E-state index >= 15 is 0 Å². The minimum atomic E-state index is -0.878. The van der Waals surface area contributed by atoms with Crippen LogP contribution in [0.15, 0.2) is 0 Å². The van der Waals surface area contributed by atoms with Gasteiger partial charge in [-0.05, 0) is 19.3 Å². The molecule has 5 heteroatoms. The van der Waals surface area contributed by atoms with Crippen molar-refractivity contribution >= 4 is 12.1 Å². The van der Waals surface area contributed by atoms with E-state index in [0.29, 0.717) is 12.5 Å². The van der Waals surface area contributed by atoms with Gasteiger partial charge in [-0.3, -0.25) is 4.79 Å². The summed E-state index contributed by atoms with van der Waals surface area (Å²) >= 11 is 0. The van der Waals surface area contributed by atoms with E-state index in [4.69, 9.17) is 9.84 Å². The summed E-state index contributed by atoms with van der Waals surface area (Å²) in [4.78, 5) is 23.4. The van der Waals surface area contributed by atoms with Crippen molar-refractivity contribution < 1.29 is 19.4 Å². The van der Waals surface area contributed by atoms with Gasteiger partial charge in [0.15, 0.2) is 0 Å². The summed E-state index contributed by atoms with van der Waals surface area (Å²) in [5.74, 6) is -0.465. The third kappa shape index (κ3) is 2.22. The van der Waals surface area contributed by atoms with Crippen LogP contribution in [0.25, 0.3) is 0 Å². The van der Waals surface area contributed by atoms with Crippen molar-refractivity contribution in [3.63, 3.8) is 0 Å². The zero-order valence-electron chi connectivity index (χ0n) is 8.52. The van der Waals surface area contributed by atoms with E-state index in [1.54, 1.807) is 0 Å². The predicted molar refractivity (Wildman–Crippen MR) is 51.4 cm³/mol. The summed E-state index contributed by atoms with van der Waals surface area (Å²) in [6.45, 7) is 0.925. The molecular weight excluding hydrogens is 198 g/mol. The maximum Gasteiger partial charge on any atom is 0.410 e. The van der Waals surface area contributed by atoms with Gasteiger partial charge in [0.25, 0.3) is 0 Å². The van der Waals surface area contributed by atoms with Crippen LogP contribution in [0.3, 0.4) is 0 Å². The summed E-state index contributed by atoms with van der Waals surface area (Å²) in [5, 5.41) is 8.54. The van der Waals surface area contributed by atoms with Crippen molar-refractivity contribution in [1.29, 1.82) is 0 Å². The van der Waals surface area contributed by atoms with Crippen LogP contribution in [0.4, 0.5) is 4.79 Å². The van der Waals surface area contributed by atoms with Crippen LogP contribution < -0.4 is 0 Å². The first kappa shape index (κ1) is 10.3. The van der Waals surface area contributed by atoms with E-state index in [1.165, 1.54) is 4.90 Å². The highest BCUT2D eigenvalue weighted by Gasteiger charge is 2.38. The standard InChI is InChI=1S/C10H15NO4/c12-9(13)4-5-11-6-7-2-1-3-8(7)15-10(11)14/h7-8H,1-6H2,(H,12,13). The molecule has 15 heavy (non-hydrogen) atoms. The van der Waals surface area contributed by atoms with Crippen molar-refractivity contribution in [3.05, 3.63) is 0 Å². The fraction of sp³-hybridized carbons (Fsp3) is 0.800. The van der Waals surface area contributed by atoms with Gasteiger partial charge in [0.2, 0.25) is 0 Å². The average Bonchev–Trinajstić information content (AvgIpc) is 2.60. The summed E-state index contributed by atoms with van der Waals surface area (Å²) in [6.07, 6.45) is 2.88. The third-order valence-corrected chi connectivity index (χ3v) is 3.15. The number of ether oxygens (including phenoxy) is 1. The van der Waals surface area contributed by atoms with Crippen LogP contribution in [0.2, 0.25) is 0 Å². The lowest BCUT2D eigenvalue weighted by Crippen LogP contribution is -2.46. The van der Waals surface area contributed by atoms with Crippen LogP contribution in [0, 0.1) is 5.92 Å². The van der Waals surface area contributed by atoms with Gasteiger partial charge in [-0.25, -0.2) is 4.79 Å². The number of carbonyl (C=O) groups is 2. The third-order valence-electron chi connectivity index (χ3n) is 3.15. The number of amides is 1. The topological polar surface area (TPSA) is 66.8 Å². The van der Waals surface area contributed by atoms with Gasteiger partial charge in [0.1, 0.15) is 6.10 Å². The maximum atomic E-state index is 11.5. The molecule has 2 aliphatic rings. The lowest BCUT2D eigenvalue weighted by molar-refractivity contribution is -0.137. The second-order valence-corrected chi connectivity index (χ2v) is 4.20. The maximum absolute atomic E-state index is 11.5. The molecule has 0 aromatic rings. The lowest BCUT2D eigenvalue weighted by Gasteiger charge is -2.34. The molecule has 0 radical (unpaired) electrons. The predicted octanol–water partition coefficient (Wildman–Crippen LogP) is 1.08. The number of aliphatic carboxylic acids is 1. The van der Waals surface area contributed by atoms with Crippen LogP contribution >= 0.6 is 0 Å². The molecule has 1 saturated heterocycles. The number of carboxylic acids is 1. The Balaban J connectivity index is 1.89. The van der Waals surface area contributed by atoms with E-state index in [2.05, 4.69) is 0 Å². The Morgan fingerprint density at radius 2 is 2.33 bits per heavy atom. The second-order valence-electron chi connectivity index (χ2n) is 4.20. The van der Waals surface area contributed by atoms with Crippen molar-refractivity contribution in [2.24, 2.45) is 5.92 Å². The summed E-state index contributed by atoms with van der Waals surface area (Å²) in [5.41, 5.74) is 0. The largest absolute Gasteiger partial charge is 0.481 e. The molecule has 0 bridgehead atoms. The number of carboxylic acid groups (broad SMARTS) is 1. The van der Waals surface area contributed by atoms with Crippen LogP contribution in [-0.2, 0) is 9.53 Å². The van der Waals surface area contributed by atoms with E-state index in [0.717, 1.165) is 19.3 Å². The van der Waals surface area contributed by atoms with Crippen LogP contribution in [-0.4, -0.2) is 41.3 Å². The molecule has 1 amide bonds. The number of fused-ring (bicyclic) bond motifs is 1. The highest BCUT2D eigenvalue weighted by Crippen LogP contribution is 2.32. The van der Waals surface area contributed by atoms with Crippen LogP contribution in [0.1, 0.15) is 25.7 Å². The van der Waals surface area contributed by atoms with E-state index in [9.17, 15) is 9.59 Å². The minimum absolute atomic E-state index is 0.00745. The molecule has 1 saturated carbocycles. The molecule has 2 rings (SSSR count). The molecule has 5 nitrogen and oxygen atoms in total. The number of hydrogen-bond donors (Lipinski definition) is 1. The number of carbonyl (C=O) groups excluding carboxylic acids is 1. The smallest absolute Gasteiger partial charge is 0.410 e. The molecule has 2 unspecified atom stereocenters. The first-order valence-electron chi connectivity index (χ1n) is 5.34. The highest BCUT2D eigenvalue weighted by molar-refractivity contribution is 5.71. The number of nitrogens with zero attached hydrogens (tertiary/aromatic N) is 1. The number of hydrogen-bond acceptors (Lipinski definition) is 3. The quantitative estimate of drug-likeness (QED) is 0.761. The summed E-state index contributed by atoms with van der Waals surface area (Å²) < 4.78 is 5.25. The van der Waals surface area contributed by atoms with Crippen molar-refractivity contribution in [3.8, 4) is 0 Å². The SMILES string of the molecule is O=C(O)CCN1CC2CCCC2OC1=O. The van der Waals surface area contributed by atoms with Gasteiger partial charge >= 0.3 is 12.1 Å². The Morgan fingerprint density at radius 3 is 3.07 bits per heavy atom. The Bertz CT molecular complexity index is 279. The zero-order chi connectivity index (χ0) is 10.8. The Labute approximate surface area is 88.0 Å². The first-order chi connectivity index (χ1) is 7.16. The van der Waals surface area contributed by atoms with Gasteiger partial charge in [-0.2, -0.15) is 0 Å². The fourth-order valence-corrected chi connectivity index (χ4v) is 2.34. The molecule has 0 aromatic carbocycles. The molecule has 1 heterocycles. The van der Waals surface area contributed by atoms with Crippen molar-refractivity contribution in [1.82, 2.24) is 4.90 Å². The second kappa shape index (κ2) is 4.08. The summed E-state index contributed by atoms with van der Waals surface area (Å²) in [7, 11) is 0. The average molecular weight is 213 g/mol. The molecule has 1 aliphatic heterocycles. The normalized spacial score (nSPS) is 29.9. The number of rotatable bonds is 3. The molecule has 1 aliphatic carbocycles. The molecule has 84 valence electrons. The van der Waals surface area contributed by atoms with Crippen molar-refractivity contribution in [2.45, 2.75) is 31.8 Å². The van der Waals surface area contributed by atoms with Gasteiger partial charge in [0.05, 0.1) is 6.42 Å².